The fourth-order valence-corrected chi connectivity index (χ4v) is 9.28. The average molecular weight is 753 g/mol. The van der Waals surface area contributed by atoms with Crippen molar-refractivity contribution in [3.63, 3.8) is 0 Å². The van der Waals surface area contributed by atoms with E-state index in [1.165, 1.54) is 11.1 Å². The summed E-state index contributed by atoms with van der Waals surface area (Å²) in [5.41, 5.74) is 13.0. The first-order chi connectivity index (χ1) is 29.2. The van der Waals surface area contributed by atoms with Crippen molar-refractivity contribution in [3.8, 4) is 56.4 Å². The molecule has 1 aromatic heterocycles. The second-order valence-corrected chi connectivity index (χ2v) is 15.1. The van der Waals surface area contributed by atoms with Gasteiger partial charge >= 0.3 is 0 Å². The van der Waals surface area contributed by atoms with Crippen LogP contribution in [0.15, 0.2) is 195 Å². The molecular formula is C56H36N2O. The number of aromatic nitrogens is 2. The van der Waals surface area contributed by atoms with E-state index < -0.39 is 5.41 Å². The number of hydrogen-bond acceptors (Lipinski definition) is 3. The Hall–Kier alpha value is -7.80. The third-order valence-corrected chi connectivity index (χ3v) is 11.9. The van der Waals surface area contributed by atoms with Gasteiger partial charge in [-0.2, -0.15) is 0 Å². The van der Waals surface area contributed by atoms with Crippen molar-refractivity contribution >= 4 is 27.1 Å². The molecule has 11 rings (SSSR count). The highest BCUT2D eigenvalue weighted by atomic mass is 16.5. The number of ether oxygens (including phenoxy) is 1. The van der Waals surface area contributed by atoms with Crippen molar-refractivity contribution < 1.29 is 4.74 Å². The summed E-state index contributed by atoms with van der Waals surface area (Å²) in [4.78, 5) is 10.2. The van der Waals surface area contributed by atoms with Crippen molar-refractivity contribution in [2.45, 2.75) is 12.3 Å². The molecule has 0 radical (unpaired) electrons. The van der Waals surface area contributed by atoms with Gasteiger partial charge in [-0.3, -0.25) is 0 Å². The summed E-state index contributed by atoms with van der Waals surface area (Å²) in [5, 5.41) is 4.47. The van der Waals surface area contributed by atoms with Crippen LogP contribution in [0.4, 0.5) is 0 Å². The van der Waals surface area contributed by atoms with Gasteiger partial charge in [0, 0.05) is 44.2 Å². The Morgan fingerprint density at radius 3 is 2.00 bits per heavy atom. The predicted octanol–water partition coefficient (Wildman–Crippen LogP) is 14.0. The van der Waals surface area contributed by atoms with Gasteiger partial charge in [-0.25, -0.2) is 9.97 Å². The smallest absolute Gasteiger partial charge is 0.160 e. The number of fused-ring (bicyclic) bond motifs is 13. The van der Waals surface area contributed by atoms with Gasteiger partial charge in [0.2, 0.25) is 0 Å². The van der Waals surface area contributed by atoms with Crippen LogP contribution in [0.1, 0.15) is 34.9 Å². The molecule has 276 valence electrons. The summed E-state index contributed by atoms with van der Waals surface area (Å²) in [5.74, 6) is 2.44. The molecule has 0 atom stereocenters. The molecule has 9 aromatic rings. The standard InChI is InChI=1S/C56H36N2O/c1-3-5-16-36(4-2)50-35-51(40-19-7-6-8-20-40)58-55(57-50)41-29-27-39(28-30-41)42-24-15-26-47-52(42)45-23-13-14-25-46(45)56(47)48-33-31-37-17-9-11-21-43(37)53(48)59-54-44-22-12-10-18-38(44)32-34-49(54)56/h3-12,14-22,24-35H,2H2,1H3/b5-3-,36-16+. The largest absolute Gasteiger partial charge is 0.455 e. The molecule has 8 aromatic carbocycles. The molecule has 0 fully saturated rings. The van der Waals surface area contributed by atoms with E-state index in [0.717, 1.165) is 94.5 Å². The van der Waals surface area contributed by atoms with Gasteiger partial charge in [0.15, 0.2) is 5.82 Å². The third-order valence-electron chi connectivity index (χ3n) is 11.9. The van der Waals surface area contributed by atoms with E-state index in [2.05, 4.69) is 152 Å². The van der Waals surface area contributed by atoms with Crippen molar-refractivity contribution in [1.29, 1.82) is 0 Å². The first kappa shape index (κ1) is 34.4. The van der Waals surface area contributed by atoms with Gasteiger partial charge in [0.05, 0.1) is 16.8 Å². The van der Waals surface area contributed by atoms with Crippen LogP contribution in [0.2, 0.25) is 0 Å². The van der Waals surface area contributed by atoms with Gasteiger partial charge in [0.25, 0.3) is 0 Å². The molecule has 1 spiro atoms. The minimum atomic E-state index is -0.658. The third kappa shape index (κ3) is 5.24. The van der Waals surface area contributed by atoms with Gasteiger partial charge in [-0.15, -0.1) is 0 Å². The Labute approximate surface area is 344 Å². The fraction of sp³-hybridized carbons (Fsp3) is 0.0357. The highest BCUT2D eigenvalue weighted by Crippen LogP contribution is 2.64. The summed E-state index contributed by atoms with van der Waals surface area (Å²) in [7, 11) is 0. The zero-order valence-electron chi connectivity index (χ0n) is 32.4. The normalized spacial score (nSPS) is 13.4. The first-order valence-corrected chi connectivity index (χ1v) is 20.0. The van der Waals surface area contributed by atoms with Crippen molar-refractivity contribution in [2.75, 3.05) is 0 Å². The van der Waals surface area contributed by atoms with Crippen LogP contribution in [-0.4, -0.2) is 9.97 Å². The molecule has 59 heavy (non-hydrogen) atoms. The molecule has 0 saturated heterocycles. The van der Waals surface area contributed by atoms with Crippen LogP contribution in [0, 0.1) is 12.1 Å². The number of nitrogens with zero attached hydrogens (tertiary/aromatic N) is 2. The Morgan fingerprint density at radius 1 is 0.627 bits per heavy atom. The zero-order valence-corrected chi connectivity index (χ0v) is 32.4. The molecule has 0 unspecified atom stereocenters. The Morgan fingerprint density at radius 2 is 1.31 bits per heavy atom. The molecule has 1 aliphatic heterocycles. The molecule has 0 bridgehead atoms. The average Bonchev–Trinajstić information content (AvgIpc) is 3.60. The Kier molecular flexibility index (Phi) is 8.00. The Bertz CT molecular complexity index is 3120. The quantitative estimate of drug-likeness (QED) is 0.159. The van der Waals surface area contributed by atoms with Crippen LogP contribution < -0.4 is 4.74 Å². The summed E-state index contributed by atoms with van der Waals surface area (Å²) < 4.78 is 7.13. The lowest BCUT2D eigenvalue weighted by Gasteiger charge is -2.40. The van der Waals surface area contributed by atoms with Crippen molar-refractivity contribution in [3.05, 3.63) is 235 Å². The lowest BCUT2D eigenvalue weighted by Crippen LogP contribution is -2.32. The van der Waals surface area contributed by atoms with Crippen LogP contribution in [0.25, 0.3) is 72.0 Å². The van der Waals surface area contributed by atoms with Gasteiger partial charge in [-0.1, -0.05) is 189 Å². The highest BCUT2D eigenvalue weighted by Gasteiger charge is 2.52. The molecule has 3 heteroatoms. The molecule has 1 aliphatic carbocycles. The maximum atomic E-state index is 7.13. The van der Waals surface area contributed by atoms with E-state index in [0.29, 0.717) is 5.82 Å². The second kappa shape index (κ2) is 13.7. The van der Waals surface area contributed by atoms with Crippen LogP contribution in [0.5, 0.6) is 11.5 Å². The molecular weight excluding hydrogens is 717 g/mol. The molecule has 2 aliphatic rings. The van der Waals surface area contributed by atoms with Gasteiger partial charge in [0.1, 0.15) is 11.5 Å². The number of hydrogen-bond donors (Lipinski definition) is 0. The van der Waals surface area contributed by atoms with Crippen LogP contribution >= 0.6 is 0 Å². The summed E-state index contributed by atoms with van der Waals surface area (Å²) >= 11 is 0. The molecule has 2 heterocycles. The fourth-order valence-electron chi connectivity index (χ4n) is 9.28. The second-order valence-electron chi connectivity index (χ2n) is 15.1. The topological polar surface area (TPSA) is 35.0 Å². The van der Waals surface area contributed by atoms with E-state index in [9.17, 15) is 0 Å². The van der Waals surface area contributed by atoms with E-state index >= 15 is 0 Å². The van der Waals surface area contributed by atoms with Crippen LogP contribution in [0.3, 0.4) is 0 Å². The van der Waals surface area contributed by atoms with Crippen molar-refractivity contribution in [2.24, 2.45) is 0 Å². The zero-order chi connectivity index (χ0) is 39.5. The van der Waals surface area contributed by atoms with Crippen LogP contribution in [-0.2, 0) is 5.41 Å². The van der Waals surface area contributed by atoms with E-state index in [4.69, 9.17) is 14.7 Å². The van der Waals surface area contributed by atoms with Crippen molar-refractivity contribution in [1.82, 2.24) is 9.97 Å². The molecule has 3 nitrogen and oxygen atoms in total. The lowest BCUT2D eigenvalue weighted by molar-refractivity contribution is 0.447. The van der Waals surface area contributed by atoms with Gasteiger partial charge in [-0.05, 0) is 63.7 Å². The highest BCUT2D eigenvalue weighted by molar-refractivity contribution is 6.02. The predicted molar refractivity (Wildman–Crippen MR) is 241 cm³/mol. The first-order valence-electron chi connectivity index (χ1n) is 20.0. The summed E-state index contributed by atoms with van der Waals surface area (Å²) in [6, 6.07) is 64.9. The van der Waals surface area contributed by atoms with E-state index in [1.807, 2.05) is 61.6 Å². The number of rotatable bonds is 6. The molecule has 0 N–H and O–H groups in total. The SMILES string of the molecule is C=C/C(=C\C=C/C)c1cc(-c2ccccc2)nc(-c2ccc(-c3cccc4c3-c3c#cccc3C43c4ccc5ccccc5c4Oc4c3ccc3ccccc43)cc2)n1. The van der Waals surface area contributed by atoms with E-state index in [1.54, 1.807) is 0 Å². The maximum absolute atomic E-state index is 7.13. The summed E-state index contributed by atoms with van der Waals surface area (Å²) in [6.45, 7) is 6.10. The lowest BCUT2D eigenvalue weighted by atomic mass is 9.65. The number of benzene rings is 7. The molecule has 0 amide bonds. The minimum Gasteiger partial charge on any atom is -0.455 e. The monoisotopic (exact) mass is 752 g/mol. The molecule has 0 saturated carbocycles. The maximum Gasteiger partial charge on any atom is 0.160 e. The number of allylic oxidation sites excluding steroid dienone is 5. The van der Waals surface area contributed by atoms with E-state index in [-0.39, 0.29) is 0 Å². The summed E-state index contributed by atoms with van der Waals surface area (Å²) in [6.07, 6.45) is 7.89. The minimum absolute atomic E-state index is 0.654. The Balaban J connectivity index is 1.12. The van der Waals surface area contributed by atoms with Gasteiger partial charge < -0.3 is 4.74 Å².